The van der Waals surface area contributed by atoms with Crippen molar-refractivity contribution in [3.63, 3.8) is 0 Å². The first-order valence-electron chi connectivity index (χ1n) is 6.15. The molecule has 1 fully saturated rings. The Balaban J connectivity index is 1.99. The first-order valence-corrected chi connectivity index (χ1v) is 6.15. The summed E-state index contributed by atoms with van der Waals surface area (Å²) in [5.41, 5.74) is 1.26. The molecule has 1 aromatic heterocycles. The maximum absolute atomic E-state index is 5.69. The van der Waals surface area contributed by atoms with Gasteiger partial charge in [0.2, 0.25) is 0 Å². The van der Waals surface area contributed by atoms with E-state index in [-0.39, 0.29) is 0 Å². The van der Waals surface area contributed by atoms with Crippen LogP contribution in [0.1, 0.15) is 37.8 Å². The maximum atomic E-state index is 5.69. The van der Waals surface area contributed by atoms with Gasteiger partial charge in [0.1, 0.15) is 0 Å². The Bertz CT molecular complexity index is 296. The van der Waals surface area contributed by atoms with Crippen LogP contribution in [0.5, 0.6) is 0 Å². The third kappa shape index (κ3) is 3.03. The molecule has 0 saturated carbocycles. The number of ether oxygens (including phenoxy) is 1. The van der Waals surface area contributed by atoms with Crippen molar-refractivity contribution >= 4 is 0 Å². The molecule has 2 rings (SSSR count). The predicted molar refractivity (Wildman–Crippen MR) is 64.2 cm³/mol. The summed E-state index contributed by atoms with van der Waals surface area (Å²) in [6.45, 7) is 4.04. The van der Waals surface area contributed by atoms with Gasteiger partial charge in [-0.3, -0.25) is 4.98 Å². The molecule has 3 nitrogen and oxygen atoms in total. The second kappa shape index (κ2) is 5.97. The first-order chi connectivity index (χ1) is 7.90. The van der Waals surface area contributed by atoms with Gasteiger partial charge >= 0.3 is 0 Å². The molecule has 0 aromatic carbocycles. The summed E-state index contributed by atoms with van der Waals surface area (Å²) < 4.78 is 5.69. The molecule has 1 aliphatic heterocycles. The van der Waals surface area contributed by atoms with Crippen molar-refractivity contribution in [2.24, 2.45) is 0 Å². The van der Waals surface area contributed by atoms with E-state index in [2.05, 4.69) is 23.3 Å². The smallest absolute Gasteiger partial charge is 0.0594 e. The Kier molecular flexibility index (Phi) is 4.31. The molecule has 0 spiro atoms. The third-order valence-corrected chi connectivity index (χ3v) is 3.06. The van der Waals surface area contributed by atoms with Crippen LogP contribution >= 0.6 is 0 Å². The minimum Gasteiger partial charge on any atom is -0.378 e. The minimum absolute atomic E-state index is 0.377. The highest BCUT2D eigenvalue weighted by atomic mass is 16.5. The molecule has 2 atom stereocenters. The Hall–Kier alpha value is -0.930. The van der Waals surface area contributed by atoms with Gasteiger partial charge < -0.3 is 10.1 Å². The van der Waals surface area contributed by atoms with Gasteiger partial charge in [-0.15, -0.1) is 0 Å². The summed E-state index contributed by atoms with van der Waals surface area (Å²) in [6, 6.07) is 4.51. The summed E-state index contributed by atoms with van der Waals surface area (Å²) in [6.07, 6.45) is 7.64. The number of pyridine rings is 1. The first kappa shape index (κ1) is 11.6. The second-order valence-electron chi connectivity index (χ2n) is 4.27. The molecule has 88 valence electrons. The Morgan fingerprint density at radius 2 is 2.56 bits per heavy atom. The van der Waals surface area contributed by atoms with Crippen LogP contribution in [0.4, 0.5) is 0 Å². The highest BCUT2D eigenvalue weighted by Gasteiger charge is 2.21. The van der Waals surface area contributed by atoms with Crippen molar-refractivity contribution < 1.29 is 4.74 Å². The Morgan fingerprint density at radius 3 is 3.19 bits per heavy atom. The molecule has 16 heavy (non-hydrogen) atoms. The van der Waals surface area contributed by atoms with Crippen molar-refractivity contribution in [3.05, 3.63) is 30.1 Å². The number of nitrogens with one attached hydrogen (secondary N) is 1. The lowest BCUT2D eigenvalue weighted by atomic mass is 10.0. The molecule has 1 N–H and O–H groups in total. The van der Waals surface area contributed by atoms with Gasteiger partial charge in [0, 0.05) is 25.0 Å². The molecule has 2 unspecified atom stereocenters. The SMILES string of the molecule is CCNC(CC1CCCO1)c1cccnc1. The standard InChI is InChI=1S/C13H20N2O/c1-2-15-13(9-12-6-4-8-16-12)11-5-3-7-14-10-11/h3,5,7,10,12-13,15H,2,4,6,8-9H2,1H3. The van der Waals surface area contributed by atoms with E-state index in [1.807, 2.05) is 18.5 Å². The largest absolute Gasteiger partial charge is 0.378 e. The van der Waals surface area contributed by atoms with Crippen molar-refractivity contribution in [2.45, 2.75) is 38.3 Å². The molecule has 1 aromatic rings. The Morgan fingerprint density at radius 1 is 1.62 bits per heavy atom. The average molecular weight is 220 g/mol. The normalized spacial score (nSPS) is 22.2. The molecule has 0 amide bonds. The van der Waals surface area contributed by atoms with Crippen molar-refractivity contribution in [1.82, 2.24) is 10.3 Å². The maximum Gasteiger partial charge on any atom is 0.0594 e. The van der Waals surface area contributed by atoms with Gasteiger partial charge in [0.15, 0.2) is 0 Å². The monoisotopic (exact) mass is 220 g/mol. The molecular formula is C13H20N2O. The number of nitrogens with zero attached hydrogens (tertiary/aromatic N) is 1. The molecular weight excluding hydrogens is 200 g/mol. The molecule has 1 saturated heterocycles. The molecule has 3 heteroatoms. The van der Waals surface area contributed by atoms with Gasteiger partial charge in [0.25, 0.3) is 0 Å². The van der Waals surface area contributed by atoms with Crippen LogP contribution < -0.4 is 5.32 Å². The van der Waals surface area contributed by atoms with Crippen LogP contribution in [0, 0.1) is 0 Å². The molecule has 1 aliphatic rings. The molecule has 0 bridgehead atoms. The second-order valence-corrected chi connectivity index (χ2v) is 4.27. The van der Waals surface area contributed by atoms with E-state index in [4.69, 9.17) is 4.74 Å². The molecule has 0 radical (unpaired) electrons. The fourth-order valence-corrected chi connectivity index (χ4v) is 2.26. The Labute approximate surface area is 97.2 Å². The summed E-state index contributed by atoms with van der Waals surface area (Å²) in [5, 5.41) is 3.51. The summed E-state index contributed by atoms with van der Waals surface area (Å²) in [5.74, 6) is 0. The number of aromatic nitrogens is 1. The fourth-order valence-electron chi connectivity index (χ4n) is 2.26. The van der Waals surface area contributed by atoms with Crippen molar-refractivity contribution in [2.75, 3.05) is 13.2 Å². The van der Waals surface area contributed by atoms with Crippen LogP contribution in [-0.2, 0) is 4.74 Å². The van der Waals surface area contributed by atoms with Gasteiger partial charge in [-0.05, 0) is 37.4 Å². The zero-order chi connectivity index (χ0) is 11.2. The number of rotatable bonds is 5. The van der Waals surface area contributed by atoms with E-state index < -0.39 is 0 Å². The summed E-state index contributed by atoms with van der Waals surface area (Å²) in [4.78, 5) is 4.18. The van der Waals surface area contributed by atoms with Crippen LogP contribution in [0.15, 0.2) is 24.5 Å². The van der Waals surface area contributed by atoms with Crippen molar-refractivity contribution in [3.8, 4) is 0 Å². The average Bonchev–Trinajstić information content (AvgIpc) is 2.83. The van der Waals surface area contributed by atoms with Gasteiger partial charge in [0.05, 0.1) is 6.10 Å². The topological polar surface area (TPSA) is 34.1 Å². The number of hydrogen-bond donors (Lipinski definition) is 1. The van der Waals surface area contributed by atoms with Crippen LogP contribution in [0.3, 0.4) is 0 Å². The van der Waals surface area contributed by atoms with Gasteiger partial charge in [-0.25, -0.2) is 0 Å². The fraction of sp³-hybridized carbons (Fsp3) is 0.615. The van der Waals surface area contributed by atoms with E-state index in [1.165, 1.54) is 18.4 Å². The van der Waals surface area contributed by atoms with Crippen LogP contribution in [0.2, 0.25) is 0 Å². The zero-order valence-electron chi connectivity index (χ0n) is 9.86. The summed E-state index contributed by atoms with van der Waals surface area (Å²) >= 11 is 0. The van der Waals surface area contributed by atoms with Gasteiger partial charge in [-0.2, -0.15) is 0 Å². The van der Waals surface area contributed by atoms with E-state index in [0.717, 1.165) is 19.6 Å². The lowest BCUT2D eigenvalue weighted by Crippen LogP contribution is -2.25. The number of hydrogen-bond acceptors (Lipinski definition) is 3. The third-order valence-electron chi connectivity index (χ3n) is 3.06. The summed E-state index contributed by atoms with van der Waals surface area (Å²) in [7, 11) is 0. The van der Waals surface area contributed by atoms with E-state index in [9.17, 15) is 0 Å². The van der Waals surface area contributed by atoms with Crippen LogP contribution in [-0.4, -0.2) is 24.2 Å². The van der Waals surface area contributed by atoms with E-state index >= 15 is 0 Å². The van der Waals surface area contributed by atoms with E-state index in [0.29, 0.717) is 12.1 Å². The van der Waals surface area contributed by atoms with Crippen LogP contribution in [0.25, 0.3) is 0 Å². The quantitative estimate of drug-likeness (QED) is 0.826. The van der Waals surface area contributed by atoms with E-state index in [1.54, 1.807) is 0 Å². The lowest BCUT2D eigenvalue weighted by Gasteiger charge is -2.21. The molecule has 0 aliphatic carbocycles. The highest BCUT2D eigenvalue weighted by molar-refractivity contribution is 5.14. The lowest BCUT2D eigenvalue weighted by molar-refractivity contribution is 0.0947. The zero-order valence-corrected chi connectivity index (χ0v) is 9.86. The van der Waals surface area contributed by atoms with Gasteiger partial charge in [-0.1, -0.05) is 13.0 Å². The van der Waals surface area contributed by atoms with Crippen molar-refractivity contribution in [1.29, 1.82) is 0 Å². The predicted octanol–water partition coefficient (Wildman–Crippen LogP) is 2.30. The minimum atomic E-state index is 0.377. The highest BCUT2D eigenvalue weighted by Crippen LogP contribution is 2.24. The molecule has 2 heterocycles.